The number of carbonyl (C=O) groups is 1. The van der Waals surface area contributed by atoms with Gasteiger partial charge >= 0.3 is 16.5 Å². The number of ether oxygens (including phenoxy) is 2. The predicted octanol–water partition coefficient (Wildman–Crippen LogP) is 6.02. The van der Waals surface area contributed by atoms with Crippen LogP contribution in [0.1, 0.15) is 75.8 Å². The van der Waals surface area contributed by atoms with Crippen LogP contribution in [-0.2, 0) is 25.0 Å². The van der Waals surface area contributed by atoms with Gasteiger partial charge in [0.05, 0.1) is 12.3 Å². The number of nitrogens with zero attached hydrogens (tertiary/aromatic N) is 1. The Morgan fingerprint density at radius 1 is 1.11 bits per heavy atom. The van der Waals surface area contributed by atoms with Crippen molar-refractivity contribution in [1.29, 1.82) is 0 Å². The Kier molecular flexibility index (Phi) is 8.03. The number of oxime groups is 1. The fourth-order valence-corrected chi connectivity index (χ4v) is 5.10. The van der Waals surface area contributed by atoms with Crippen LogP contribution in [0.2, 0.25) is 0 Å². The Labute approximate surface area is 212 Å². The Balaban J connectivity index is 1.20. The molecular weight excluding hydrogens is 484 g/mol. The molecule has 1 saturated carbocycles. The number of unbranched alkanes of at least 4 members (excludes halogenated alkanes) is 1. The molecule has 2 aromatic rings. The summed E-state index contributed by atoms with van der Waals surface area (Å²) >= 11 is 0. The molecule has 1 aliphatic heterocycles. The molecule has 4 rings (SSSR count). The van der Waals surface area contributed by atoms with Crippen molar-refractivity contribution >= 4 is 28.4 Å². The van der Waals surface area contributed by atoms with Gasteiger partial charge in [0.1, 0.15) is 17.1 Å². The smallest absolute Gasteiger partial charge is 0.491 e. The van der Waals surface area contributed by atoms with Gasteiger partial charge in [-0.15, -0.1) is 8.42 Å². The van der Waals surface area contributed by atoms with Gasteiger partial charge in [0.15, 0.2) is 0 Å². The summed E-state index contributed by atoms with van der Waals surface area (Å²) < 4.78 is 44.8. The van der Waals surface area contributed by atoms with Gasteiger partial charge in [-0.25, -0.2) is 9.08 Å². The molecule has 1 heterocycles. The van der Waals surface area contributed by atoms with E-state index in [2.05, 4.69) is 14.8 Å². The van der Waals surface area contributed by atoms with Gasteiger partial charge < -0.3 is 13.7 Å². The lowest BCUT2D eigenvalue weighted by Gasteiger charge is -2.33. The number of hydrogen-bond acceptors (Lipinski definition) is 8. The largest absolute Gasteiger partial charge is 0.521 e. The fourth-order valence-electron chi connectivity index (χ4n) is 4.55. The second kappa shape index (κ2) is 11.2. The molecule has 1 fully saturated rings. The standard InChI is InChI=1S/C26H32N2O7S/c1-26(2)22-11-8-12-23(24(22)28-25(29)33-26)32-18-7-6-17-27-35-36(30,31)34-21-15-13-20(14-16-21)19-9-4-3-5-10-19/h8,11-17,19H,3-7,9-10,18H2,1-2H3,(H,28,29). The van der Waals surface area contributed by atoms with Gasteiger partial charge in [0, 0.05) is 11.8 Å². The molecule has 0 unspecified atom stereocenters. The molecule has 36 heavy (non-hydrogen) atoms. The zero-order valence-electron chi connectivity index (χ0n) is 20.6. The number of carbonyl (C=O) groups excluding carboxylic acids is 1. The van der Waals surface area contributed by atoms with E-state index in [-0.39, 0.29) is 5.75 Å². The molecule has 0 atom stereocenters. The van der Waals surface area contributed by atoms with Crippen LogP contribution in [0.5, 0.6) is 11.5 Å². The maximum atomic E-state index is 12.0. The predicted molar refractivity (Wildman–Crippen MR) is 136 cm³/mol. The lowest BCUT2D eigenvalue weighted by atomic mass is 9.84. The average Bonchev–Trinajstić information content (AvgIpc) is 2.84. The summed E-state index contributed by atoms with van der Waals surface area (Å²) in [5.41, 5.74) is 1.86. The minimum absolute atomic E-state index is 0.185. The zero-order chi connectivity index (χ0) is 25.6. The summed E-state index contributed by atoms with van der Waals surface area (Å²) in [6, 6.07) is 12.6. The van der Waals surface area contributed by atoms with Gasteiger partial charge in [-0.2, -0.15) is 0 Å². The molecule has 0 aromatic heterocycles. The molecule has 0 spiro atoms. The minimum Gasteiger partial charge on any atom is -0.491 e. The highest BCUT2D eigenvalue weighted by atomic mass is 32.3. The van der Waals surface area contributed by atoms with Crippen LogP contribution in [0.4, 0.5) is 10.5 Å². The Bertz CT molecular complexity index is 1190. The number of amides is 1. The molecule has 194 valence electrons. The van der Waals surface area contributed by atoms with Crippen LogP contribution in [0.15, 0.2) is 47.6 Å². The van der Waals surface area contributed by atoms with Crippen molar-refractivity contribution in [1.82, 2.24) is 0 Å². The lowest BCUT2D eigenvalue weighted by Crippen LogP contribution is -2.34. The van der Waals surface area contributed by atoms with E-state index in [1.807, 2.05) is 38.1 Å². The third-order valence-corrected chi connectivity index (χ3v) is 7.01. The van der Waals surface area contributed by atoms with E-state index in [0.717, 1.165) is 5.56 Å². The second-order valence-electron chi connectivity index (χ2n) is 9.45. The minimum atomic E-state index is -4.32. The van der Waals surface area contributed by atoms with Crippen molar-refractivity contribution in [3.63, 3.8) is 0 Å². The highest BCUT2D eigenvalue weighted by molar-refractivity contribution is 7.82. The molecule has 1 amide bonds. The molecule has 0 radical (unpaired) electrons. The van der Waals surface area contributed by atoms with Crippen LogP contribution in [0.25, 0.3) is 0 Å². The highest BCUT2D eigenvalue weighted by Gasteiger charge is 2.34. The van der Waals surface area contributed by atoms with Crippen LogP contribution < -0.4 is 14.2 Å². The number of anilines is 1. The summed E-state index contributed by atoms with van der Waals surface area (Å²) in [6.45, 7) is 3.96. The third-order valence-electron chi connectivity index (χ3n) is 6.35. The van der Waals surface area contributed by atoms with E-state index in [1.165, 1.54) is 43.9 Å². The number of nitrogens with one attached hydrogen (secondary N) is 1. The van der Waals surface area contributed by atoms with E-state index in [1.54, 1.807) is 18.2 Å². The van der Waals surface area contributed by atoms with Crippen molar-refractivity contribution in [2.75, 3.05) is 11.9 Å². The van der Waals surface area contributed by atoms with Crippen molar-refractivity contribution in [2.45, 2.75) is 70.3 Å². The quantitative estimate of drug-likeness (QED) is 0.233. The lowest BCUT2D eigenvalue weighted by molar-refractivity contribution is 0.0416. The van der Waals surface area contributed by atoms with Gasteiger partial charge in [0.25, 0.3) is 0 Å². The first-order valence-electron chi connectivity index (χ1n) is 12.2. The van der Waals surface area contributed by atoms with Crippen LogP contribution in [0.3, 0.4) is 0 Å². The van der Waals surface area contributed by atoms with Gasteiger partial charge in [-0.1, -0.05) is 48.7 Å². The summed E-state index contributed by atoms with van der Waals surface area (Å²) in [4.78, 5) is 11.8. The molecule has 10 heteroatoms. The Morgan fingerprint density at radius 3 is 2.61 bits per heavy atom. The van der Waals surface area contributed by atoms with Crippen LogP contribution in [0, 0.1) is 0 Å². The van der Waals surface area contributed by atoms with E-state index in [0.29, 0.717) is 36.8 Å². The van der Waals surface area contributed by atoms with Crippen molar-refractivity contribution < 1.29 is 31.2 Å². The molecule has 1 aliphatic carbocycles. The Morgan fingerprint density at radius 2 is 1.86 bits per heavy atom. The highest BCUT2D eigenvalue weighted by Crippen LogP contribution is 2.40. The van der Waals surface area contributed by atoms with Crippen LogP contribution in [-0.4, -0.2) is 27.3 Å². The number of para-hydroxylation sites is 1. The van der Waals surface area contributed by atoms with E-state index in [9.17, 15) is 13.2 Å². The number of fused-ring (bicyclic) bond motifs is 1. The van der Waals surface area contributed by atoms with Crippen molar-refractivity contribution in [2.24, 2.45) is 5.16 Å². The first-order valence-corrected chi connectivity index (χ1v) is 13.6. The fraction of sp³-hybridized carbons (Fsp3) is 0.462. The van der Waals surface area contributed by atoms with E-state index >= 15 is 0 Å². The summed E-state index contributed by atoms with van der Waals surface area (Å²) in [7, 11) is -4.32. The summed E-state index contributed by atoms with van der Waals surface area (Å²) in [5, 5.41) is 6.20. The molecule has 2 aliphatic rings. The molecular formula is C26H32N2O7S. The maximum Gasteiger partial charge on any atom is 0.521 e. The first kappa shape index (κ1) is 25.8. The normalized spacial score (nSPS) is 17.7. The van der Waals surface area contributed by atoms with E-state index < -0.39 is 22.1 Å². The molecule has 1 N–H and O–H groups in total. The van der Waals surface area contributed by atoms with Crippen molar-refractivity contribution in [3.8, 4) is 11.5 Å². The van der Waals surface area contributed by atoms with Gasteiger partial charge in [-0.3, -0.25) is 5.32 Å². The molecule has 2 aromatic carbocycles. The average molecular weight is 517 g/mol. The van der Waals surface area contributed by atoms with Crippen molar-refractivity contribution in [3.05, 3.63) is 53.6 Å². The SMILES string of the molecule is CC1(C)OC(=O)Nc2c(OCCCC=NOS(=O)(=O)Oc3ccc(C4CCCCC4)cc3)cccc21. The molecule has 9 nitrogen and oxygen atoms in total. The second-order valence-corrected chi connectivity index (χ2v) is 10.6. The topological polar surface area (TPSA) is 113 Å². The molecule has 0 saturated heterocycles. The zero-order valence-corrected chi connectivity index (χ0v) is 21.4. The summed E-state index contributed by atoms with van der Waals surface area (Å²) in [6.07, 6.45) is 7.85. The number of cyclic esters (lactones) is 1. The number of benzene rings is 2. The van der Waals surface area contributed by atoms with Gasteiger partial charge in [0.2, 0.25) is 0 Å². The molecule has 0 bridgehead atoms. The number of rotatable bonds is 10. The van der Waals surface area contributed by atoms with E-state index in [4.69, 9.17) is 13.7 Å². The Hall–Kier alpha value is -3.27. The van der Waals surface area contributed by atoms with Crippen LogP contribution >= 0.6 is 0 Å². The third kappa shape index (κ3) is 6.69. The van der Waals surface area contributed by atoms with Gasteiger partial charge in [-0.05, 0) is 69.2 Å². The first-order chi connectivity index (χ1) is 17.2. The summed E-state index contributed by atoms with van der Waals surface area (Å²) in [5.74, 6) is 1.25. The monoisotopic (exact) mass is 516 g/mol. The maximum absolute atomic E-state index is 12.0. The number of hydrogen-bond donors (Lipinski definition) is 1.